The highest BCUT2D eigenvalue weighted by Crippen LogP contribution is 2.57. The molecule has 1 N–H and O–H groups in total. The van der Waals surface area contributed by atoms with Crippen molar-refractivity contribution in [3.8, 4) is 0 Å². The van der Waals surface area contributed by atoms with E-state index in [1.54, 1.807) is 14.7 Å². The lowest BCUT2D eigenvalue weighted by Gasteiger charge is -2.37. The fourth-order valence-electron chi connectivity index (χ4n) is 7.66. The monoisotopic (exact) mass is 598 g/mol. The Kier molecular flexibility index (Phi) is 8.11. The van der Waals surface area contributed by atoms with Crippen LogP contribution < -0.4 is 9.80 Å². The standard InChI is InChI=1S/C35H42N4O5/c1-4-36(5-2)26-14-16-27(17-15-26)38-21-10-19-35-29(32(42)39(22-11-23-40)30(35)33(38)43)28-31(41)37(20-9-18-34(28,3)44-35)24-25-12-7-6-8-13-25/h6-10,12-19,28-30,40H,4-5,11,20-24H2,1-3H3/t28-,29-,30?,34+,35-/m0/s1. The zero-order valence-corrected chi connectivity index (χ0v) is 25.8. The molecular formula is C35H42N4O5. The second-order valence-corrected chi connectivity index (χ2v) is 12.3. The van der Waals surface area contributed by atoms with Crippen molar-refractivity contribution in [2.45, 2.75) is 51.0 Å². The van der Waals surface area contributed by atoms with Gasteiger partial charge in [-0.25, -0.2) is 0 Å². The first kappa shape index (κ1) is 30.1. The van der Waals surface area contributed by atoms with Gasteiger partial charge in [0, 0.05) is 57.3 Å². The lowest BCUT2D eigenvalue weighted by Crippen LogP contribution is -2.56. The quantitative estimate of drug-likeness (QED) is 0.445. The van der Waals surface area contributed by atoms with E-state index in [4.69, 9.17) is 4.74 Å². The Labute approximate surface area is 259 Å². The minimum Gasteiger partial charge on any atom is -0.396 e. The average molecular weight is 599 g/mol. The van der Waals surface area contributed by atoms with Crippen molar-refractivity contribution < 1.29 is 24.2 Å². The summed E-state index contributed by atoms with van der Waals surface area (Å²) in [5.41, 5.74) is 0.406. The highest BCUT2D eigenvalue weighted by Gasteiger charge is 2.74. The van der Waals surface area contributed by atoms with E-state index in [2.05, 4.69) is 18.7 Å². The minimum atomic E-state index is -1.32. The van der Waals surface area contributed by atoms with E-state index < -0.39 is 29.1 Å². The van der Waals surface area contributed by atoms with E-state index in [0.717, 1.165) is 30.0 Å². The van der Waals surface area contributed by atoms with Crippen molar-refractivity contribution in [3.05, 3.63) is 84.5 Å². The molecule has 9 nitrogen and oxygen atoms in total. The molecule has 4 aliphatic heterocycles. The largest absolute Gasteiger partial charge is 0.396 e. The lowest BCUT2D eigenvalue weighted by atomic mass is 9.74. The SMILES string of the molecule is CCN(CC)c1ccc(N2CC=C[C@]34O[C@]5(C)C=CCN(Cc6ccccc6)C(=O)[C@@H]5[C@H]3C(=O)N(CCCO)C4C2=O)cc1. The predicted octanol–water partition coefficient (Wildman–Crippen LogP) is 3.39. The normalized spacial score (nSPS) is 29.4. The van der Waals surface area contributed by atoms with E-state index in [9.17, 15) is 19.5 Å². The molecular weight excluding hydrogens is 556 g/mol. The molecule has 6 rings (SSSR count). The van der Waals surface area contributed by atoms with E-state index >= 15 is 0 Å². The van der Waals surface area contributed by atoms with Gasteiger partial charge < -0.3 is 29.4 Å². The molecule has 4 heterocycles. The summed E-state index contributed by atoms with van der Waals surface area (Å²) in [7, 11) is 0. The molecule has 1 unspecified atom stereocenters. The smallest absolute Gasteiger partial charge is 0.253 e. The van der Waals surface area contributed by atoms with E-state index in [-0.39, 0.29) is 30.9 Å². The zero-order valence-electron chi connectivity index (χ0n) is 25.8. The van der Waals surface area contributed by atoms with Gasteiger partial charge in [-0.05, 0) is 57.0 Å². The summed E-state index contributed by atoms with van der Waals surface area (Å²) >= 11 is 0. The number of amides is 3. The van der Waals surface area contributed by atoms with Crippen molar-refractivity contribution in [1.29, 1.82) is 0 Å². The van der Waals surface area contributed by atoms with E-state index in [1.807, 2.05) is 85.8 Å². The number of carbonyl (C=O) groups excluding carboxylic acids is 3. The number of aliphatic hydroxyl groups is 1. The van der Waals surface area contributed by atoms with Crippen molar-refractivity contribution in [2.75, 3.05) is 49.1 Å². The number of hydrogen-bond donors (Lipinski definition) is 1. The number of aliphatic hydroxyl groups excluding tert-OH is 1. The van der Waals surface area contributed by atoms with Crippen LogP contribution in [0.25, 0.3) is 0 Å². The van der Waals surface area contributed by atoms with Gasteiger partial charge in [-0.15, -0.1) is 0 Å². The highest BCUT2D eigenvalue weighted by atomic mass is 16.5. The maximum absolute atomic E-state index is 14.6. The molecule has 232 valence electrons. The van der Waals surface area contributed by atoms with Crippen molar-refractivity contribution in [2.24, 2.45) is 11.8 Å². The number of hydrogen-bond acceptors (Lipinski definition) is 6. The number of carbonyl (C=O) groups is 3. The summed E-state index contributed by atoms with van der Waals surface area (Å²) in [6.45, 7) is 9.03. The van der Waals surface area contributed by atoms with Gasteiger partial charge in [-0.3, -0.25) is 14.4 Å². The summed E-state index contributed by atoms with van der Waals surface area (Å²) in [5.74, 6) is -2.38. The van der Waals surface area contributed by atoms with Crippen molar-refractivity contribution in [3.63, 3.8) is 0 Å². The molecule has 0 aromatic heterocycles. The van der Waals surface area contributed by atoms with E-state index in [1.165, 1.54) is 0 Å². The van der Waals surface area contributed by atoms with Crippen LogP contribution in [-0.4, -0.2) is 89.2 Å². The Bertz CT molecular complexity index is 1460. The van der Waals surface area contributed by atoms with Gasteiger partial charge in [0.1, 0.15) is 11.6 Å². The van der Waals surface area contributed by atoms with Crippen LogP contribution >= 0.6 is 0 Å². The van der Waals surface area contributed by atoms with E-state index in [0.29, 0.717) is 26.1 Å². The van der Waals surface area contributed by atoms with Crippen LogP contribution in [0.15, 0.2) is 78.9 Å². The number of ether oxygens (including phenoxy) is 1. The number of anilines is 2. The first-order chi connectivity index (χ1) is 21.3. The number of benzene rings is 2. The van der Waals surface area contributed by atoms with Crippen molar-refractivity contribution >= 4 is 29.1 Å². The Hall–Kier alpha value is -3.95. The topological polar surface area (TPSA) is 93.6 Å². The molecule has 0 saturated carbocycles. The summed E-state index contributed by atoms with van der Waals surface area (Å²) in [6.07, 6.45) is 7.92. The summed E-state index contributed by atoms with van der Waals surface area (Å²) in [6, 6.07) is 16.7. The predicted molar refractivity (Wildman–Crippen MR) is 169 cm³/mol. The van der Waals surface area contributed by atoms with Gasteiger partial charge >= 0.3 is 0 Å². The molecule has 2 aromatic carbocycles. The Balaban J connectivity index is 1.38. The van der Waals surface area contributed by atoms with Gasteiger partial charge in [0.25, 0.3) is 5.91 Å². The van der Waals surface area contributed by atoms with Gasteiger partial charge in [0.2, 0.25) is 11.8 Å². The first-order valence-electron chi connectivity index (χ1n) is 15.7. The Morgan fingerprint density at radius 2 is 1.59 bits per heavy atom. The molecule has 0 radical (unpaired) electrons. The molecule has 2 saturated heterocycles. The number of likely N-dealkylation sites (tertiary alicyclic amines) is 1. The molecule has 3 amide bonds. The van der Waals surface area contributed by atoms with Gasteiger partial charge in [0.05, 0.1) is 17.4 Å². The first-order valence-corrected chi connectivity index (χ1v) is 15.7. The highest BCUT2D eigenvalue weighted by molar-refractivity contribution is 6.06. The maximum atomic E-state index is 14.6. The Morgan fingerprint density at radius 1 is 0.886 bits per heavy atom. The molecule has 2 fully saturated rings. The second kappa shape index (κ2) is 11.9. The van der Waals surface area contributed by atoms with Crippen LogP contribution in [0.2, 0.25) is 0 Å². The van der Waals surface area contributed by atoms with Crippen LogP contribution in [0.1, 0.15) is 32.8 Å². The maximum Gasteiger partial charge on any atom is 0.253 e. The van der Waals surface area contributed by atoms with Gasteiger partial charge in [-0.2, -0.15) is 0 Å². The third-order valence-corrected chi connectivity index (χ3v) is 9.70. The van der Waals surface area contributed by atoms with Crippen LogP contribution in [-0.2, 0) is 25.7 Å². The fraction of sp³-hybridized carbons (Fsp3) is 0.457. The number of fused-ring (bicyclic) bond motifs is 2. The number of nitrogens with zero attached hydrogens (tertiary/aromatic N) is 4. The minimum absolute atomic E-state index is 0.122. The second-order valence-electron chi connectivity index (χ2n) is 12.3. The van der Waals surface area contributed by atoms with Gasteiger partial charge in [-0.1, -0.05) is 54.6 Å². The summed E-state index contributed by atoms with van der Waals surface area (Å²) in [4.78, 5) is 50.7. The summed E-state index contributed by atoms with van der Waals surface area (Å²) in [5, 5.41) is 9.70. The molecule has 44 heavy (non-hydrogen) atoms. The van der Waals surface area contributed by atoms with Crippen LogP contribution in [0, 0.1) is 11.8 Å². The average Bonchev–Trinajstić information content (AvgIpc) is 3.30. The fourth-order valence-corrected chi connectivity index (χ4v) is 7.66. The molecule has 0 bridgehead atoms. The molecule has 4 aliphatic rings. The van der Waals surface area contributed by atoms with Crippen LogP contribution in [0.3, 0.4) is 0 Å². The van der Waals surface area contributed by atoms with Crippen LogP contribution in [0.4, 0.5) is 11.4 Å². The molecule has 5 atom stereocenters. The number of rotatable bonds is 9. The molecule has 2 aromatic rings. The lowest BCUT2D eigenvalue weighted by molar-refractivity contribution is -0.149. The third-order valence-electron chi connectivity index (χ3n) is 9.70. The van der Waals surface area contributed by atoms with Crippen molar-refractivity contribution in [1.82, 2.24) is 9.80 Å². The summed E-state index contributed by atoms with van der Waals surface area (Å²) < 4.78 is 6.91. The van der Waals surface area contributed by atoms with Crippen LogP contribution in [0.5, 0.6) is 0 Å². The third kappa shape index (κ3) is 4.82. The molecule has 1 spiro atoms. The molecule has 0 aliphatic carbocycles. The van der Waals surface area contributed by atoms with Gasteiger partial charge in [0.15, 0.2) is 0 Å². The zero-order chi connectivity index (χ0) is 31.1. The Morgan fingerprint density at radius 3 is 2.27 bits per heavy atom. The molecule has 9 heteroatoms.